The Morgan fingerprint density at radius 1 is 1.07 bits per heavy atom. The SMILES string of the molecule is CCS(=O)(=O)Nc1ccc([C@H](C)NCc2cc(-c3ccccc3)no2)cc1. The summed E-state index contributed by atoms with van der Waals surface area (Å²) in [6, 6.07) is 19.2. The summed E-state index contributed by atoms with van der Waals surface area (Å²) in [5, 5.41) is 7.50. The van der Waals surface area contributed by atoms with Crippen LogP contribution in [0.4, 0.5) is 5.69 Å². The van der Waals surface area contributed by atoms with Crippen LogP contribution in [-0.4, -0.2) is 19.3 Å². The average Bonchev–Trinajstić information content (AvgIpc) is 3.16. The Labute approximate surface area is 159 Å². The van der Waals surface area contributed by atoms with Crippen molar-refractivity contribution in [3.8, 4) is 11.3 Å². The van der Waals surface area contributed by atoms with Crippen LogP contribution in [0.15, 0.2) is 65.2 Å². The van der Waals surface area contributed by atoms with E-state index in [-0.39, 0.29) is 11.8 Å². The van der Waals surface area contributed by atoms with Crippen molar-refractivity contribution in [3.63, 3.8) is 0 Å². The molecule has 1 atom stereocenters. The number of sulfonamides is 1. The molecule has 27 heavy (non-hydrogen) atoms. The lowest BCUT2D eigenvalue weighted by molar-refractivity contribution is 0.368. The fourth-order valence-electron chi connectivity index (χ4n) is 2.60. The minimum Gasteiger partial charge on any atom is -0.359 e. The number of benzene rings is 2. The Balaban J connectivity index is 1.58. The van der Waals surface area contributed by atoms with Gasteiger partial charge in [0.15, 0.2) is 5.76 Å². The summed E-state index contributed by atoms with van der Waals surface area (Å²) in [4.78, 5) is 0. The highest BCUT2D eigenvalue weighted by Crippen LogP contribution is 2.20. The molecule has 0 saturated heterocycles. The molecule has 0 bridgehead atoms. The topological polar surface area (TPSA) is 84.2 Å². The Bertz CT molecular complexity index is 967. The standard InChI is InChI=1S/C20H23N3O3S/c1-3-27(24,25)23-18-11-9-16(10-12-18)15(2)21-14-19-13-20(22-26-19)17-7-5-4-6-8-17/h4-13,15,21,23H,3,14H2,1-2H3/t15-/m0/s1. The molecule has 2 N–H and O–H groups in total. The van der Waals surface area contributed by atoms with E-state index in [0.29, 0.717) is 12.2 Å². The highest BCUT2D eigenvalue weighted by atomic mass is 32.2. The van der Waals surface area contributed by atoms with Gasteiger partial charge in [0, 0.05) is 23.4 Å². The molecular weight excluding hydrogens is 362 g/mol. The third-order valence-electron chi connectivity index (χ3n) is 4.28. The number of hydrogen-bond donors (Lipinski definition) is 2. The van der Waals surface area contributed by atoms with Gasteiger partial charge in [0.1, 0.15) is 5.69 Å². The fourth-order valence-corrected chi connectivity index (χ4v) is 3.24. The first-order valence-corrected chi connectivity index (χ1v) is 10.5. The van der Waals surface area contributed by atoms with Crippen molar-refractivity contribution in [1.82, 2.24) is 10.5 Å². The van der Waals surface area contributed by atoms with E-state index in [1.54, 1.807) is 19.1 Å². The molecule has 0 unspecified atom stereocenters. The van der Waals surface area contributed by atoms with E-state index in [9.17, 15) is 8.42 Å². The predicted octanol–water partition coefficient (Wildman–Crippen LogP) is 3.95. The Hall–Kier alpha value is -2.64. The molecule has 0 aliphatic carbocycles. The summed E-state index contributed by atoms with van der Waals surface area (Å²) in [7, 11) is -3.26. The van der Waals surface area contributed by atoms with E-state index < -0.39 is 10.0 Å². The third kappa shape index (κ3) is 5.18. The van der Waals surface area contributed by atoms with Gasteiger partial charge in [-0.25, -0.2) is 8.42 Å². The lowest BCUT2D eigenvalue weighted by Crippen LogP contribution is -2.18. The normalized spacial score (nSPS) is 12.7. The van der Waals surface area contributed by atoms with Gasteiger partial charge in [-0.15, -0.1) is 0 Å². The van der Waals surface area contributed by atoms with Crippen LogP contribution in [0.5, 0.6) is 0 Å². The summed E-state index contributed by atoms with van der Waals surface area (Å²) < 4.78 is 31.2. The van der Waals surface area contributed by atoms with E-state index in [0.717, 1.165) is 22.6 Å². The minimum atomic E-state index is -3.26. The van der Waals surface area contributed by atoms with Crippen LogP contribution in [0, 0.1) is 0 Å². The maximum atomic E-state index is 11.6. The first-order chi connectivity index (χ1) is 13.0. The lowest BCUT2D eigenvalue weighted by atomic mass is 10.1. The van der Waals surface area contributed by atoms with E-state index in [2.05, 4.69) is 15.2 Å². The number of hydrogen-bond acceptors (Lipinski definition) is 5. The minimum absolute atomic E-state index is 0.0505. The van der Waals surface area contributed by atoms with Gasteiger partial charge in [-0.05, 0) is 31.5 Å². The molecule has 0 fully saturated rings. The molecular formula is C20H23N3O3S. The van der Waals surface area contributed by atoms with Crippen LogP contribution in [0.3, 0.4) is 0 Å². The van der Waals surface area contributed by atoms with Crippen molar-refractivity contribution in [3.05, 3.63) is 72.0 Å². The van der Waals surface area contributed by atoms with Crippen molar-refractivity contribution in [2.45, 2.75) is 26.4 Å². The Kier molecular flexibility index (Phi) is 5.93. The Morgan fingerprint density at radius 3 is 2.44 bits per heavy atom. The van der Waals surface area contributed by atoms with E-state index in [1.807, 2.05) is 55.5 Å². The van der Waals surface area contributed by atoms with Gasteiger partial charge >= 0.3 is 0 Å². The molecule has 0 radical (unpaired) electrons. The van der Waals surface area contributed by atoms with Gasteiger partial charge in [-0.2, -0.15) is 0 Å². The molecule has 7 heteroatoms. The summed E-state index contributed by atoms with van der Waals surface area (Å²) in [5.74, 6) is 0.808. The monoisotopic (exact) mass is 385 g/mol. The van der Waals surface area contributed by atoms with Crippen molar-refractivity contribution in [2.75, 3.05) is 10.5 Å². The highest BCUT2D eigenvalue weighted by molar-refractivity contribution is 7.92. The molecule has 142 valence electrons. The molecule has 0 aliphatic heterocycles. The Morgan fingerprint density at radius 2 is 1.78 bits per heavy atom. The zero-order chi connectivity index (χ0) is 19.3. The second-order valence-corrected chi connectivity index (χ2v) is 8.29. The quantitative estimate of drug-likeness (QED) is 0.613. The van der Waals surface area contributed by atoms with E-state index in [1.165, 1.54) is 0 Å². The van der Waals surface area contributed by atoms with Gasteiger partial charge in [0.05, 0.1) is 12.3 Å². The number of nitrogens with one attached hydrogen (secondary N) is 2. The van der Waals surface area contributed by atoms with Crippen LogP contribution in [0.25, 0.3) is 11.3 Å². The van der Waals surface area contributed by atoms with Crippen molar-refractivity contribution in [1.29, 1.82) is 0 Å². The number of nitrogens with zero attached hydrogens (tertiary/aromatic N) is 1. The first-order valence-electron chi connectivity index (χ1n) is 8.81. The second kappa shape index (κ2) is 8.37. The molecule has 1 heterocycles. The fraction of sp³-hybridized carbons (Fsp3) is 0.250. The van der Waals surface area contributed by atoms with Crippen LogP contribution in [0.2, 0.25) is 0 Å². The zero-order valence-electron chi connectivity index (χ0n) is 15.3. The van der Waals surface area contributed by atoms with Crippen LogP contribution in [-0.2, 0) is 16.6 Å². The van der Waals surface area contributed by atoms with Crippen molar-refractivity contribution >= 4 is 15.7 Å². The largest absolute Gasteiger partial charge is 0.359 e. The first kappa shape index (κ1) is 19.1. The molecule has 0 aliphatic rings. The lowest BCUT2D eigenvalue weighted by Gasteiger charge is -2.14. The molecule has 1 aromatic heterocycles. The summed E-state index contributed by atoms with van der Waals surface area (Å²) in [6.07, 6.45) is 0. The van der Waals surface area contributed by atoms with Gasteiger partial charge < -0.3 is 9.84 Å². The highest BCUT2D eigenvalue weighted by Gasteiger charge is 2.11. The van der Waals surface area contributed by atoms with E-state index in [4.69, 9.17) is 4.52 Å². The second-order valence-electron chi connectivity index (χ2n) is 6.27. The average molecular weight is 385 g/mol. The van der Waals surface area contributed by atoms with Gasteiger partial charge in [-0.3, -0.25) is 4.72 Å². The van der Waals surface area contributed by atoms with Crippen LogP contribution >= 0.6 is 0 Å². The zero-order valence-corrected chi connectivity index (χ0v) is 16.2. The molecule has 3 rings (SSSR count). The number of rotatable bonds is 8. The van der Waals surface area contributed by atoms with Gasteiger partial charge in [-0.1, -0.05) is 47.6 Å². The van der Waals surface area contributed by atoms with Gasteiger partial charge in [0.25, 0.3) is 0 Å². The van der Waals surface area contributed by atoms with Crippen molar-refractivity contribution in [2.24, 2.45) is 0 Å². The van der Waals surface area contributed by atoms with Crippen LogP contribution < -0.4 is 10.0 Å². The molecule has 0 spiro atoms. The van der Waals surface area contributed by atoms with Gasteiger partial charge in [0.2, 0.25) is 10.0 Å². The maximum Gasteiger partial charge on any atom is 0.232 e. The number of anilines is 1. The summed E-state index contributed by atoms with van der Waals surface area (Å²) in [5.41, 5.74) is 3.45. The molecule has 0 amide bonds. The smallest absolute Gasteiger partial charge is 0.232 e. The molecule has 6 nitrogen and oxygen atoms in total. The predicted molar refractivity (Wildman–Crippen MR) is 107 cm³/mol. The molecule has 0 saturated carbocycles. The maximum absolute atomic E-state index is 11.6. The van der Waals surface area contributed by atoms with Crippen LogP contribution in [0.1, 0.15) is 31.2 Å². The summed E-state index contributed by atoms with van der Waals surface area (Å²) in [6.45, 7) is 4.19. The molecule has 3 aromatic rings. The summed E-state index contributed by atoms with van der Waals surface area (Å²) >= 11 is 0. The number of aromatic nitrogens is 1. The third-order valence-corrected chi connectivity index (χ3v) is 5.58. The molecule has 2 aromatic carbocycles. The van der Waals surface area contributed by atoms with Crippen molar-refractivity contribution < 1.29 is 12.9 Å². The van der Waals surface area contributed by atoms with E-state index >= 15 is 0 Å².